The minimum Gasteiger partial charge on any atom is -0.0945 e. The summed E-state index contributed by atoms with van der Waals surface area (Å²) in [6.45, 7) is -1.57. The molecule has 0 rings (SSSR count). The highest BCUT2D eigenvalue weighted by Crippen LogP contribution is 2.18. The topological polar surface area (TPSA) is 0 Å². The van der Waals surface area contributed by atoms with Crippen LogP contribution in [0.5, 0.6) is 0 Å². The fourth-order valence-electron chi connectivity index (χ4n) is 0.0962. The van der Waals surface area contributed by atoms with E-state index >= 15 is 0 Å². The van der Waals surface area contributed by atoms with Crippen molar-refractivity contribution in [3.8, 4) is 0 Å². The van der Waals surface area contributed by atoms with Gasteiger partial charge in [-0.05, 0) is 0 Å². The molecule has 0 heterocycles. The van der Waals surface area contributed by atoms with Crippen LogP contribution < -0.4 is 0 Å². The highest BCUT2D eigenvalue weighted by Gasteiger charge is 1.75. The van der Waals surface area contributed by atoms with Gasteiger partial charge in [-0.1, -0.05) is 35.3 Å². The summed E-state index contributed by atoms with van der Waals surface area (Å²) in [5, 5.41) is 0. The summed E-state index contributed by atoms with van der Waals surface area (Å²) in [5.41, 5.74) is 0. The molecule has 38 valence electrons. The van der Waals surface area contributed by atoms with Crippen LogP contribution in [0.2, 0.25) is 0 Å². The van der Waals surface area contributed by atoms with E-state index in [1.54, 1.807) is 0 Å². The van der Waals surface area contributed by atoms with Gasteiger partial charge in [0.15, 0.2) is 0 Å². The van der Waals surface area contributed by atoms with Crippen LogP contribution in [0.1, 0.15) is 19.2 Å². The zero-order valence-corrected chi connectivity index (χ0v) is 5.02. The number of hydrogen-bond acceptors (Lipinski definition) is 2. The van der Waals surface area contributed by atoms with Crippen LogP contribution >= 0.6 is 21.6 Å². The predicted octanol–water partition coefficient (Wildman–Crippen LogP) is 2.41. The van der Waals surface area contributed by atoms with Gasteiger partial charge in [0.1, 0.15) is 0 Å². The fourth-order valence-corrected chi connectivity index (χ4v) is 0.866. The van der Waals surface area contributed by atoms with Crippen molar-refractivity contribution >= 4 is 21.6 Å². The van der Waals surface area contributed by atoms with E-state index in [0.29, 0.717) is 11.5 Å². The number of hydrogen-bond donors (Lipinski definition) is 0. The summed E-state index contributed by atoms with van der Waals surface area (Å²) in [6.07, 6.45) is 0. The lowest BCUT2D eigenvalue weighted by molar-refractivity contribution is 1.53. The Morgan fingerprint density at radius 1 is 1.33 bits per heavy atom. The number of rotatable bonds is 3. The molecule has 0 nitrogen and oxygen atoms in total. The van der Waals surface area contributed by atoms with Gasteiger partial charge in [0.2, 0.25) is 0 Å². The van der Waals surface area contributed by atoms with Gasteiger partial charge in [0.05, 0.1) is 0 Å². The van der Waals surface area contributed by atoms with Gasteiger partial charge in [-0.15, -0.1) is 0 Å². The minimum absolute atomic E-state index is 0.456. The second-order valence-electron chi connectivity index (χ2n) is 0.569. The zero-order chi connectivity index (χ0) is 7.98. The minimum atomic E-state index is -0.785. The van der Waals surface area contributed by atoms with Crippen LogP contribution in [0.15, 0.2) is 0 Å². The van der Waals surface area contributed by atoms with Crippen molar-refractivity contribution in [3.05, 3.63) is 0 Å². The van der Waals surface area contributed by atoms with Gasteiger partial charge < -0.3 is 0 Å². The van der Waals surface area contributed by atoms with Crippen molar-refractivity contribution in [2.75, 3.05) is 11.5 Å². The van der Waals surface area contributed by atoms with Crippen LogP contribution in [0.3, 0.4) is 0 Å². The van der Waals surface area contributed by atoms with Crippen molar-refractivity contribution in [3.63, 3.8) is 0 Å². The molecule has 0 bridgehead atoms. The van der Waals surface area contributed by atoms with Crippen LogP contribution in [0, 0.1) is 0 Å². The fraction of sp³-hybridized carbons (Fsp3) is 1.00. The molecule has 0 atom stereocenters. The Hall–Kier alpha value is 0.700. The maximum atomic E-state index is 6.80. The lowest BCUT2D eigenvalue weighted by atomic mass is 11.0. The Morgan fingerprint density at radius 3 is 2.17 bits per heavy atom. The summed E-state index contributed by atoms with van der Waals surface area (Å²) in [5.74, 6) is 0.911. The monoisotopic (exact) mass is 126 g/mol. The van der Waals surface area contributed by atoms with Crippen molar-refractivity contribution in [2.24, 2.45) is 0 Å². The third-order valence-electron chi connectivity index (χ3n) is 0.219. The molecular formula is C4H10S2. The Kier molecular flexibility index (Phi) is 2.20. The highest BCUT2D eigenvalue weighted by atomic mass is 33.1. The Balaban J connectivity index is 2.91. The third kappa shape index (κ3) is 4.70. The van der Waals surface area contributed by atoms with Gasteiger partial charge in [-0.2, -0.15) is 0 Å². The molecule has 0 unspecified atom stereocenters. The van der Waals surface area contributed by atoms with E-state index in [9.17, 15) is 0 Å². The maximum absolute atomic E-state index is 6.80. The van der Waals surface area contributed by atoms with Crippen LogP contribution in [-0.4, -0.2) is 11.5 Å². The Morgan fingerprint density at radius 2 is 1.83 bits per heavy atom. The molecule has 0 aliphatic rings. The van der Waals surface area contributed by atoms with Crippen LogP contribution in [0.4, 0.5) is 0 Å². The largest absolute Gasteiger partial charge is 0.0945 e. The van der Waals surface area contributed by atoms with Crippen molar-refractivity contribution < 1.29 is 5.48 Å². The molecule has 6 heavy (non-hydrogen) atoms. The van der Waals surface area contributed by atoms with Gasteiger partial charge >= 0.3 is 0 Å². The van der Waals surface area contributed by atoms with E-state index in [-0.39, 0.29) is 0 Å². The molecule has 0 amide bonds. The first-order valence-electron chi connectivity index (χ1n) is 3.87. The van der Waals surface area contributed by atoms with Crippen molar-refractivity contribution in [2.45, 2.75) is 13.8 Å². The molecular weight excluding hydrogens is 112 g/mol. The zero-order valence-electron chi connectivity index (χ0n) is 7.39. The van der Waals surface area contributed by atoms with Gasteiger partial charge in [-0.3, -0.25) is 0 Å². The highest BCUT2D eigenvalue weighted by molar-refractivity contribution is 8.76. The molecule has 0 radical (unpaired) electrons. The second-order valence-corrected chi connectivity index (χ2v) is 3.12. The molecule has 2 heteroatoms. The Labute approximate surface area is 53.1 Å². The molecule has 0 aliphatic carbocycles. The molecule has 0 aromatic carbocycles. The summed E-state index contributed by atoms with van der Waals surface area (Å²) in [7, 11) is 2.78. The van der Waals surface area contributed by atoms with Crippen LogP contribution in [-0.2, 0) is 0 Å². The predicted molar refractivity (Wildman–Crippen MR) is 36.3 cm³/mol. The smallest absolute Gasteiger partial charge is 0.0239 e. The van der Waals surface area contributed by atoms with E-state index in [1.807, 2.05) is 0 Å². The standard InChI is InChI=1S/C4H10S2/c1-3-5-6-4-2/h3-4H2,1-2H3/i1D2,2D2. The van der Waals surface area contributed by atoms with E-state index in [4.69, 9.17) is 5.48 Å². The SMILES string of the molecule is [2H]C([2H])CSSCC([2H])[2H]. The van der Waals surface area contributed by atoms with E-state index in [2.05, 4.69) is 0 Å². The molecule has 0 N–H and O–H groups in total. The Bertz CT molecular complexity index is 67.7. The average Bonchev–Trinajstić information content (AvgIpc) is 1.79. The molecule has 0 saturated carbocycles. The maximum Gasteiger partial charge on any atom is 0.0239 e. The molecule has 0 spiro atoms. The molecule has 0 aromatic heterocycles. The normalized spacial score (nSPS) is 19.7. The molecule has 0 fully saturated rings. The van der Waals surface area contributed by atoms with E-state index in [1.165, 1.54) is 21.6 Å². The summed E-state index contributed by atoms with van der Waals surface area (Å²) in [6, 6.07) is 0. The lowest BCUT2D eigenvalue weighted by Crippen LogP contribution is -1.59. The van der Waals surface area contributed by atoms with E-state index in [0.717, 1.165) is 0 Å². The van der Waals surface area contributed by atoms with Gasteiger partial charge in [0, 0.05) is 17.0 Å². The first-order chi connectivity index (χ1) is 4.63. The van der Waals surface area contributed by atoms with Crippen molar-refractivity contribution in [1.82, 2.24) is 0 Å². The quantitative estimate of drug-likeness (QED) is 0.421. The van der Waals surface area contributed by atoms with Crippen molar-refractivity contribution in [1.29, 1.82) is 0 Å². The molecule has 0 saturated heterocycles. The average molecular weight is 126 g/mol. The van der Waals surface area contributed by atoms with E-state index < -0.39 is 13.8 Å². The molecule has 0 aromatic rings. The van der Waals surface area contributed by atoms with Gasteiger partial charge in [-0.25, -0.2) is 0 Å². The van der Waals surface area contributed by atoms with Gasteiger partial charge in [0.25, 0.3) is 0 Å². The summed E-state index contributed by atoms with van der Waals surface area (Å²) in [4.78, 5) is 0. The lowest BCUT2D eigenvalue weighted by Gasteiger charge is -1.86. The first-order valence-corrected chi connectivity index (χ1v) is 4.05. The second kappa shape index (κ2) is 5.70. The first kappa shape index (κ1) is 2.31. The summed E-state index contributed by atoms with van der Waals surface area (Å²) >= 11 is 0. The van der Waals surface area contributed by atoms with Crippen LogP contribution in [0.25, 0.3) is 0 Å². The molecule has 0 aliphatic heterocycles. The summed E-state index contributed by atoms with van der Waals surface area (Å²) < 4.78 is 27.2. The third-order valence-corrected chi connectivity index (χ3v) is 1.97.